The molecule has 0 aromatic heterocycles. The zero-order chi connectivity index (χ0) is 24.5. The van der Waals surface area contributed by atoms with Gasteiger partial charge in [-0.15, -0.1) is 0 Å². The largest absolute Gasteiger partial charge is 0.496 e. The zero-order valence-corrected chi connectivity index (χ0v) is 19.2. The predicted molar refractivity (Wildman–Crippen MR) is 127 cm³/mol. The number of nitrogens with one attached hydrogen (secondary N) is 1. The van der Waals surface area contributed by atoms with Crippen LogP contribution in [0.3, 0.4) is 0 Å². The van der Waals surface area contributed by atoms with E-state index in [2.05, 4.69) is 5.32 Å². The molecule has 34 heavy (non-hydrogen) atoms. The average Bonchev–Trinajstić information content (AvgIpc) is 3.05. The Balaban J connectivity index is 1.64. The van der Waals surface area contributed by atoms with E-state index in [0.717, 1.165) is 11.1 Å². The third kappa shape index (κ3) is 6.81. The number of halogens is 1. The molecule has 0 spiro atoms. The van der Waals surface area contributed by atoms with Gasteiger partial charge < -0.3 is 19.9 Å². The molecule has 0 heterocycles. The van der Waals surface area contributed by atoms with E-state index in [1.165, 1.54) is 19.2 Å². The SMILES string of the molecule is CC[C@H](CC1=CCC=C(OC)C(C(=O)NCc2ccc(Oc3ccc(F)cc3)cc2)=C1)C(=O)O. The second kappa shape index (κ2) is 11.8. The first kappa shape index (κ1) is 24.8. The third-order valence-corrected chi connectivity index (χ3v) is 5.49. The fraction of sp³-hybridized carbons (Fsp3) is 0.259. The van der Waals surface area contributed by atoms with Gasteiger partial charge in [-0.1, -0.05) is 25.1 Å². The Kier molecular flexibility index (Phi) is 8.62. The van der Waals surface area contributed by atoms with Gasteiger partial charge in [-0.25, -0.2) is 4.39 Å². The number of carbonyl (C=O) groups is 2. The fourth-order valence-electron chi connectivity index (χ4n) is 3.54. The monoisotopic (exact) mass is 465 g/mol. The van der Waals surface area contributed by atoms with E-state index < -0.39 is 11.9 Å². The molecule has 6 nitrogen and oxygen atoms in total. The summed E-state index contributed by atoms with van der Waals surface area (Å²) in [4.78, 5) is 24.4. The van der Waals surface area contributed by atoms with Crippen LogP contribution in [0.25, 0.3) is 0 Å². The van der Waals surface area contributed by atoms with Crippen molar-refractivity contribution < 1.29 is 28.6 Å². The van der Waals surface area contributed by atoms with Gasteiger partial charge in [0.25, 0.3) is 5.91 Å². The van der Waals surface area contributed by atoms with E-state index in [1.807, 2.05) is 31.2 Å². The second-order valence-corrected chi connectivity index (χ2v) is 7.88. The van der Waals surface area contributed by atoms with Crippen LogP contribution in [0.4, 0.5) is 4.39 Å². The van der Waals surface area contributed by atoms with E-state index >= 15 is 0 Å². The first-order valence-corrected chi connectivity index (χ1v) is 11.1. The number of aliphatic carboxylic acids is 1. The van der Waals surface area contributed by atoms with Gasteiger partial charge in [0, 0.05) is 6.54 Å². The van der Waals surface area contributed by atoms with Gasteiger partial charge in [-0.05, 0) is 78.9 Å². The van der Waals surface area contributed by atoms with Crippen molar-refractivity contribution in [3.8, 4) is 11.5 Å². The number of rotatable bonds is 10. The summed E-state index contributed by atoms with van der Waals surface area (Å²) in [6, 6.07) is 13.0. The lowest BCUT2D eigenvalue weighted by Crippen LogP contribution is -2.26. The highest BCUT2D eigenvalue weighted by Crippen LogP contribution is 2.25. The minimum atomic E-state index is -0.848. The molecule has 1 atom stereocenters. The van der Waals surface area contributed by atoms with Gasteiger partial charge in [0.2, 0.25) is 0 Å². The maximum absolute atomic E-state index is 13.0. The van der Waals surface area contributed by atoms with Gasteiger partial charge in [0.1, 0.15) is 23.1 Å². The standard InChI is InChI=1S/C27H28FNO5/c1-3-20(27(31)32)15-19-5-4-6-25(33-2)24(16-19)26(30)29-17-18-7-11-22(12-8-18)34-23-13-9-21(28)10-14-23/h5-14,16,20H,3-4,15,17H2,1-2H3,(H,29,30)(H,31,32)/t20-/m1/s1. The van der Waals surface area contributed by atoms with Crippen LogP contribution in [0.2, 0.25) is 0 Å². The smallest absolute Gasteiger partial charge is 0.306 e. The number of methoxy groups -OCH3 is 1. The van der Waals surface area contributed by atoms with Crippen LogP contribution >= 0.6 is 0 Å². The Morgan fingerprint density at radius 2 is 1.71 bits per heavy atom. The first-order chi connectivity index (χ1) is 16.4. The summed E-state index contributed by atoms with van der Waals surface area (Å²) < 4.78 is 24.1. The van der Waals surface area contributed by atoms with Crippen LogP contribution < -0.4 is 10.1 Å². The lowest BCUT2D eigenvalue weighted by atomic mass is 9.95. The maximum atomic E-state index is 13.0. The van der Waals surface area contributed by atoms with Gasteiger partial charge in [-0.3, -0.25) is 9.59 Å². The van der Waals surface area contributed by atoms with E-state index in [4.69, 9.17) is 9.47 Å². The van der Waals surface area contributed by atoms with Crippen LogP contribution in [0.15, 0.2) is 83.7 Å². The first-order valence-electron chi connectivity index (χ1n) is 11.1. The molecule has 0 unspecified atom stereocenters. The molecule has 178 valence electrons. The molecule has 2 N–H and O–H groups in total. The van der Waals surface area contributed by atoms with Crippen molar-refractivity contribution in [1.29, 1.82) is 0 Å². The summed E-state index contributed by atoms with van der Waals surface area (Å²) >= 11 is 0. The number of allylic oxidation sites excluding steroid dienone is 4. The molecular formula is C27H28FNO5. The number of carbonyl (C=O) groups excluding carboxylic acids is 1. The summed E-state index contributed by atoms with van der Waals surface area (Å²) in [6.45, 7) is 2.12. The summed E-state index contributed by atoms with van der Waals surface area (Å²) in [5.74, 6) is -0.421. The minimum Gasteiger partial charge on any atom is -0.496 e. The Morgan fingerprint density at radius 3 is 2.29 bits per heavy atom. The van der Waals surface area contributed by atoms with Crippen LogP contribution in [-0.4, -0.2) is 24.1 Å². The number of ether oxygens (including phenoxy) is 2. The highest BCUT2D eigenvalue weighted by atomic mass is 19.1. The van der Waals surface area contributed by atoms with Crippen LogP contribution in [-0.2, 0) is 20.9 Å². The van der Waals surface area contributed by atoms with Crippen molar-refractivity contribution in [3.63, 3.8) is 0 Å². The summed E-state index contributed by atoms with van der Waals surface area (Å²) in [5.41, 5.74) is 2.03. The molecule has 0 bridgehead atoms. The molecule has 7 heteroatoms. The number of hydrogen-bond donors (Lipinski definition) is 2. The Morgan fingerprint density at radius 1 is 1.06 bits per heavy atom. The summed E-state index contributed by atoms with van der Waals surface area (Å²) in [6.07, 6.45) is 6.85. The molecule has 0 saturated heterocycles. The van der Waals surface area contributed by atoms with Crippen molar-refractivity contribution >= 4 is 11.9 Å². The summed E-state index contributed by atoms with van der Waals surface area (Å²) in [5, 5.41) is 12.3. The molecule has 2 aromatic rings. The molecule has 1 aliphatic carbocycles. The van der Waals surface area contributed by atoms with Gasteiger partial charge in [0.05, 0.1) is 18.6 Å². The molecule has 2 aromatic carbocycles. The fourth-order valence-corrected chi connectivity index (χ4v) is 3.54. The molecule has 0 saturated carbocycles. The second-order valence-electron chi connectivity index (χ2n) is 7.88. The molecular weight excluding hydrogens is 437 g/mol. The van der Waals surface area contributed by atoms with Crippen molar-refractivity contribution in [3.05, 3.63) is 95.0 Å². The highest BCUT2D eigenvalue weighted by Gasteiger charge is 2.21. The molecule has 1 aliphatic rings. The Labute approximate surface area is 198 Å². The quantitative estimate of drug-likeness (QED) is 0.483. The number of benzene rings is 2. The topological polar surface area (TPSA) is 84.9 Å². The van der Waals surface area contributed by atoms with Crippen molar-refractivity contribution in [1.82, 2.24) is 5.32 Å². The normalized spacial score (nSPS) is 14.1. The van der Waals surface area contributed by atoms with E-state index in [1.54, 1.807) is 30.3 Å². The predicted octanol–water partition coefficient (Wildman–Crippen LogP) is 5.52. The van der Waals surface area contributed by atoms with Crippen molar-refractivity contribution in [2.24, 2.45) is 5.92 Å². The molecule has 0 aliphatic heterocycles. The molecule has 1 amide bonds. The number of carboxylic acid groups (broad SMARTS) is 1. The Bertz CT molecular complexity index is 1100. The highest BCUT2D eigenvalue weighted by molar-refractivity contribution is 5.97. The van der Waals surface area contributed by atoms with Crippen molar-refractivity contribution in [2.45, 2.75) is 32.7 Å². The number of amides is 1. The van der Waals surface area contributed by atoms with Gasteiger partial charge in [-0.2, -0.15) is 0 Å². The average molecular weight is 466 g/mol. The molecule has 3 rings (SSSR count). The van der Waals surface area contributed by atoms with Crippen molar-refractivity contribution in [2.75, 3.05) is 7.11 Å². The van der Waals surface area contributed by atoms with Gasteiger partial charge >= 0.3 is 5.97 Å². The lowest BCUT2D eigenvalue weighted by molar-refractivity contribution is -0.141. The zero-order valence-electron chi connectivity index (χ0n) is 19.2. The minimum absolute atomic E-state index is 0.287. The lowest BCUT2D eigenvalue weighted by Gasteiger charge is -2.13. The molecule has 0 radical (unpaired) electrons. The third-order valence-electron chi connectivity index (χ3n) is 5.49. The van der Waals surface area contributed by atoms with E-state index in [9.17, 15) is 19.1 Å². The van der Waals surface area contributed by atoms with E-state index in [-0.39, 0.29) is 18.3 Å². The molecule has 0 fully saturated rings. The van der Waals surface area contributed by atoms with E-state index in [0.29, 0.717) is 42.1 Å². The van der Waals surface area contributed by atoms with Crippen LogP contribution in [0, 0.1) is 11.7 Å². The summed E-state index contributed by atoms with van der Waals surface area (Å²) in [7, 11) is 1.50. The van der Waals surface area contributed by atoms with Crippen LogP contribution in [0.1, 0.15) is 31.7 Å². The Hall–Kier alpha value is -3.87. The number of hydrogen-bond acceptors (Lipinski definition) is 4. The van der Waals surface area contributed by atoms with Gasteiger partial charge in [0.15, 0.2) is 0 Å². The number of carboxylic acids is 1. The maximum Gasteiger partial charge on any atom is 0.306 e. The van der Waals surface area contributed by atoms with Crippen LogP contribution in [0.5, 0.6) is 11.5 Å².